The highest BCUT2D eigenvalue weighted by molar-refractivity contribution is 7.80. The Hall–Kier alpha value is -2.15. The number of carboxylic acids is 1. The van der Waals surface area contributed by atoms with Crippen molar-refractivity contribution in [2.75, 3.05) is 7.11 Å². The second-order valence-corrected chi connectivity index (χ2v) is 7.64. The van der Waals surface area contributed by atoms with Crippen LogP contribution in [0.2, 0.25) is 0 Å². The lowest BCUT2D eigenvalue weighted by Gasteiger charge is -2.35. The average molecular weight is 391 g/mol. The molecule has 3 atom stereocenters. The summed E-state index contributed by atoms with van der Waals surface area (Å²) in [5, 5.41) is 19.1. The van der Waals surface area contributed by atoms with E-state index < -0.39 is 5.97 Å². The van der Waals surface area contributed by atoms with Gasteiger partial charge in [0.05, 0.1) is 12.8 Å². The molecule has 0 aromatic heterocycles. The van der Waals surface area contributed by atoms with Gasteiger partial charge in [0.15, 0.2) is 5.11 Å². The van der Waals surface area contributed by atoms with Crippen molar-refractivity contribution in [3.8, 4) is 5.75 Å². The highest BCUT2D eigenvalue weighted by atomic mass is 32.1. The van der Waals surface area contributed by atoms with E-state index in [2.05, 4.69) is 29.7 Å². The number of nitrogens with zero attached hydrogens (tertiary/aromatic N) is 1. The Morgan fingerprint density at radius 1 is 1.37 bits per heavy atom. The Kier molecular flexibility index (Phi) is 7.59. The van der Waals surface area contributed by atoms with E-state index in [-0.39, 0.29) is 6.42 Å². The second kappa shape index (κ2) is 9.69. The predicted molar refractivity (Wildman–Crippen MR) is 109 cm³/mol. The zero-order chi connectivity index (χ0) is 20.0. The summed E-state index contributed by atoms with van der Waals surface area (Å²) in [5.74, 6) is 0.615. The normalized spacial score (nSPS) is 22.8. The maximum Gasteiger partial charge on any atom is 0.187 e. The highest BCUT2D eigenvalue weighted by Gasteiger charge is 2.27. The molecule has 0 heterocycles. The third-order valence-electron chi connectivity index (χ3n) is 5.38. The topological polar surface area (TPSA) is 85.8 Å². The summed E-state index contributed by atoms with van der Waals surface area (Å²) in [4.78, 5) is 10.9. The first-order valence-corrected chi connectivity index (χ1v) is 9.70. The molecular formula is C20H28N3O3S-. The SMILES string of the molecule is COc1ccc(/C(C)=N\NC(=S)N[C@H]2CCC[C@H](C)[C@H]2C)cc1CC(=O)[O-]. The molecule has 0 aliphatic heterocycles. The van der Waals surface area contributed by atoms with Crippen LogP contribution in [0.25, 0.3) is 0 Å². The summed E-state index contributed by atoms with van der Waals surface area (Å²) in [7, 11) is 1.51. The number of carbonyl (C=O) groups excluding carboxylic acids is 1. The molecule has 2 N–H and O–H groups in total. The van der Waals surface area contributed by atoms with Gasteiger partial charge in [-0.3, -0.25) is 5.43 Å². The van der Waals surface area contributed by atoms with Gasteiger partial charge in [0.1, 0.15) is 5.75 Å². The van der Waals surface area contributed by atoms with Gasteiger partial charge in [-0.25, -0.2) is 0 Å². The van der Waals surface area contributed by atoms with Crippen LogP contribution in [0.4, 0.5) is 0 Å². The zero-order valence-corrected chi connectivity index (χ0v) is 17.2. The lowest BCUT2D eigenvalue weighted by atomic mass is 9.78. The van der Waals surface area contributed by atoms with E-state index in [0.717, 1.165) is 12.0 Å². The molecule has 0 radical (unpaired) electrons. The van der Waals surface area contributed by atoms with Crippen LogP contribution in [-0.4, -0.2) is 29.9 Å². The summed E-state index contributed by atoms with van der Waals surface area (Å²) < 4.78 is 5.20. The number of thiocarbonyl (C=S) groups is 1. The van der Waals surface area contributed by atoms with Crippen LogP contribution in [0.3, 0.4) is 0 Å². The Morgan fingerprint density at radius 3 is 2.78 bits per heavy atom. The quantitative estimate of drug-likeness (QED) is 0.439. The molecule has 6 nitrogen and oxygen atoms in total. The van der Waals surface area contributed by atoms with E-state index in [1.165, 1.54) is 20.0 Å². The van der Waals surface area contributed by atoms with Gasteiger partial charge in [0.25, 0.3) is 0 Å². The van der Waals surface area contributed by atoms with Crippen molar-refractivity contribution in [3.63, 3.8) is 0 Å². The number of hydrogen-bond acceptors (Lipinski definition) is 5. The molecule has 1 aliphatic carbocycles. The number of benzene rings is 1. The summed E-state index contributed by atoms with van der Waals surface area (Å²) in [6.07, 6.45) is 3.38. The maximum absolute atomic E-state index is 10.9. The number of aliphatic carboxylic acids is 1. The Morgan fingerprint density at radius 2 is 2.11 bits per heavy atom. The minimum Gasteiger partial charge on any atom is -0.550 e. The van der Waals surface area contributed by atoms with E-state index in [4.69, 9.17) is 17.0 Å². The van der Waals surface area contributed by atoms with E-state index in [1.807, 2.05) is 13.0 Å². The molecule has 2 rings (SSSR count). The van der Waals surface area contributed by atoms with Crippen molar-refractivity contribution >= 4 is 29.0 Å². The first-order valence-electron chi connectivity index (χ1n) is 9.29. The molecule has 1 saturated carbocycles. The molecule has 0 amide bonds. The molecule has 1 aromatic rings. The molecule has 7 heteroatoms. The van der Waals surface area contributed by atoms with E-state index in [0.29, 0.717) is 40.0 Å². The maximum atomic E-state index is 10.9. The Labute approximate surface area is 166 Å². The van der Waals surface area contributed by atoms with Crippen LogP contribution < -0.4 is 20.6 Å². The molecular weight excluding hydrogens is 362 g/mol. The van der Waals surface area contributed by atoms with Gasteiger partial charge in [-0.15, -0.1) is 0 Å². The number of nitrogens with one attached hydrogen (secondary N) is 2. The van der Waals surface area contributed by atoms with E-state index in [9.17, 15) is 9.90 Å². The summed E-state index contributed by atoms with van der Waals surface area (Å²) >= 11 is 5.38. The van der Waals surface area contributed by atoms with Gasteiger partial charge >= 0.3 is 0 Å². The van der Waals surface area contributed by atoms with Crippen molar-refractivity contribution in [3.05, 3.63) is 29.3 Å². The minimum atomic E-state index is -1.15. The molecule has 1 fully saturated rings. The van der Waals surface area contributed by atoms with Gasteiger partial charge < -0.3 is 20.0 Å². The molecule has 0 unspecified atom stereocenters. The molecule has 148 valence electrons. The van der Waals surface area contributed by atoms with Crippen molar-refractivity contribution in [2.24, 2.45) is 16.9 Å². The fourth-order valence-electron chi connectivity index (χ4n) is 3.48. The minimum absolute atomic E-state index is 0.213. The largest absolute Gasteiger partial charge is 0.550 e. The van der Waals surface area contributed by atoms with Gasteiger partial charge in [-0.1, -0.05) is 26.7 Å². The average Bonchev–Trinajstić information content (AvgIpc) is 2.63. The zero-order valence-electron chi connectivity index (χ0n) is 16.4. The second-order valence-electron chi connectivity index (χ2n) is 7.23. The molecule has 27 heavy (non-hydrogen) atoms. The highest BCUT2D eigenvalue weighted by Crippen LogP contribution is 2.29. The van der Waals surface area contributed by atoms with Crippen molar-refractivity contribution in [1.29, 1.82) is 0 Å². The number of ether oxygens (including phenoxy) is 1. The molecule has 1 aromatic carbocycles. The van der Waals surface area contributed by atoms with Crippen LogP contribution in [0.1, 0.15) is 51.2 Å². The number of hydrazone groups is 1. The van der Waals surface area contributed by atoms with Crippen molar-refractivity contribution in [1.82, 2.24) is 10.7 Å². The fourth-order valence-corrected chi connectivity index (χ4v) is 3.68. The number of carbonyl (C=O) groups is 1. The monoisotopic (exact) mass is 390 g/mol. The fraction of sp³-hybridized carbons (Fsp3) is 0.550. The summed E-state index contributed by atoms with van der Waals surface area (Å²) in [6.45, 7) is 6.38. The first kappa shape index (κ1) is 21.2. The van der Waals surface area contributed by atoms with Crippen LogP contribution in [0, 0.1) is 11.8 Å². The number of hydrogen-bond donors (Lipinski definition) is 2. The lowest BCUT2D eigenvalue weighted by molar-refractivity contribution is -0.304. The van der Waals surface area contributed by atoms with Crippen LogP contribution >= 0.6 is 12.2 Å². The summed E-state index contributed by atoms with van der Waals surface area (Å²) in [6, 6.07) is 5.67. The van der Waals surface area contributed by atoms with Crippen molar-refractivity contribution in [2.45, 2.75) is 52.5 Å². The third kappa shape index (κ3) is 5.92. The Bertz CT molecular complexity index is 720. The number of methoxy groups -OCH3 is 1. The lowest BCUT2D eigenvalue weighted by Crippen LogP contribution is -2.46. The standard InChI is InChI=1S/C20H29N3O3S/c1-12-6-5-7-17(13(12)2)21-20(27)23-22-14(3)15-8-9-18(26-4)16(10-15)11-19(24)25/h8-10,12-13,17H,5-7,11H2,1-4H3,(H,24,25)(H2,21,23,27)/p-1/b22-14-/t12-,13+,17-/m0/s1. The number of carboxylic acid groups (broad SMARTS) is 1. The van der Waals surface area contributed by atoms with E-state index >= 15 is 0 Å². The van der Waals surface area contributed by atoms with Crippen molar-refractivity contribution < 1.29 is 14.6 Å². The molecule has 0 bridgehead atoms. The van der Waals surface area contributed by atoms with Gasteiger partial charge in [-0.05, 0) is 61.2 Å². The first-order chi connectivity index (χ1) is 12.8. The van der Waals surface area contributed by atoms with Gasteiger partial charge in [-0.2, -0.15) is 5.10 Å². The van der Waals surface area contributed by atoms with Crippen LogP contribution in [0.5, 0.6) is 5.75 Å². The molecule has 0 saturated heterocycles. The summed E-state index contributed by atoms with van der Waals surface area (Å²) in [5.41, 5.74) is 4.95. The third-order valence-corrected chi connectivity index (χ3v) is 5.59. The molecule has 0 spiro atoms. The Balaban J connectivity index is 2.02. The number of rotatable bonds is 6. The smallest absolute Gasteiger partial charge is 0.187 e. The van der Waals surface area contributed by atoms with Gasteiger partial charge in [0, 0.05) is 24.0 Å². The van der Waals surface area contributed by atoms with Crippen LogP contribution in [-0.2, 0) is 11.2 Å². The molecule has 1 aliphatic rings. The predicted octanol–water partition coefficient (Wildman–Crippen LogP) is 2.00. The van der Waals surface area contributed by atoms with E-state index in [1.54, 1.807) is 12.1 Å². The van der Waals surface area contributed by atoms with Crippen LogP contribution in [0.15, 0.2) is 23.3 Å². The van der Waals surface area contributed by atoms with Gasteiger partial charge in [0.2, 0.25) is 0 Å².